The molecular formula is C11H19N3O3S. The molecule has 1 aromatic rings. The topological polar surface area (TPSA) is 84.2 Å². The Morgan fingerprint density at radius 2 is 2.17 bits per heavy atom. The summed E-state index contributed by atoms with van der Waals surface area (Å²) in [6.07, 6.45) is 4.60. The lowest BCUT2D eigenvalue weighted by atomic mass is 10.3. The molecule has 0 spiro atoms. The predicted molar refractivity (Wildman–Crippen MR) is 67.3 cm³/mol. The summed E-state index contributed by atoms with van der Waals surface area (Å²) in [6, 6.07) is 1.90. The van der Waals surface area contributed by atoms with Gasteiger partial charge in [0.25, 0.3) is 10.2 Å². The highest BCUT2D eigenvalue weighted by Crippen LogP contribution is 2.17. The van der Waals surface area contributed by atoms with Gasteiger partial charge in [0.15, 0.2) is 0 Å². The van der Waals surface area contributed by atoms with Crippen molar-refractivity contribution in [1.82, 2.24) is 14.6 Å². The molecule has 0 atom stereocenters. The van der Waals surface area contributed by atoms with Gasteiger partial charge >= 0.3 is 0 Å². The van der Waals surface area contributed by atoms with E-state index >= 15 is 0 Å². The van der Waals surface area contributed by atoms with Crippen LogP contribution in [0.15, 0.2) is 10.6 Å². The minimum absolute atomic E-state index is 0.0943. The molecule has 0 amide bonds. The minimum atomic E-state index is -3.39. The number of aryl methyl sites for hydroxylation is 1. The van der Waals surface area contributed by atoms with Crippen LogP contribution in [-0.2, 0) is 16.6 Å². The number of aromatic nitrogens is 1. The maximum absolute atomic E-state index is 11.7. The molecule has 0 bridgehead atoms. The molecule has 0 aliphatic heterocycles. The summed E-state index contributed by atoms with van der Waals surface area (Å²) < 4.78 is 33.5. The van der Waals surface area contributed by atoms with Gasteiger partial charge in [0.2, 0.25) is 0 Å². The maximum Gasteiger partial charge on any atom is 0.277 e. The van der Waals surface area contributed by atoms with E-state index in [4.69, 9.17) is 4.52 Å². The molecule has 0 radical (unpaired) electrons. The van der Waals surface area contributed by atoms with Gasteiger partial charge in [-0.2, -0.15) is 13.1 Å². The second-order valence-corrected chi connectivity index (χ2v) is 6.21. The third-order valence-electron chi connectivity index (χ3n) is 3.03. The Hall–Kier alpha value is -0.920. The predicted octanol–water partition coefficient (Wildman–Crippen LogP) is 0.892. The summed E-state index contributed by atoms with van der Waals surface area (Å²) in [5.74, 6) is 0.733. The molecular weight excluding hydrogens is 254 g/mol. The Labute approximate surface area is 107 Å². The summed E-state index contributed by atoms with van der Waals surface area (Å²) in [4.78, 5) is 0. The van der Waals surface area contributed by atoms with E-state index in [0.29, 0.717) is 13.0 Å². The van der Waals surface area contributed by atoms with Crippen LogP contribution in [0.2, 0.25) is 0 Å². The van der Waals surface area contributed by atoms with Crippen LogP contribution in [-0.4, -0.2) is 26.2 Å². The van der Waals surface area contributed by atoms with Crippen LogP contribution in [0.5, 0.6) is 0 Å². The van der Waals surface area contributed by atoms with Crippen molar-refractivity contribution in [2.45, 2.75) is 45.1 Å². The number of nitrogens with one attached hydrogen (secondary N) is 2. The largest absolute Gasteiger partial charge is 0.361 e. The highest BCUT2D eigenvalue weighted by molar-refractivity contribution is 7.87. The molecule has 1 heterocycles. The number of hydrogen-bond donors (Lipinski definition) is 2. The van der Waals surface area contributed by atoms with Crippen LogP contribution in [0.1, 0.15) is 37.1 Å². The summed E-state index contributed by atoms with van der Waals surface area (Å²) >= 11 is 0. The fourth-order valence-corrected chi connectivity index (χ4v) is 3.28. The first-order chi connectivity index (χ1) is 8.55. The van der Waals surface area contributed by atoms with Gasteiger partial charge in [-0.15, -0.1) is 0 Å². The first-order valence-electron chi connectivity index (χ1n) is 6.24. The number of nitrogens with zero attached hydrogens (tertiary/aromatic N) is 1. The van der Waals surface area contributed by atoms with Crippen molar-refractivity contribution < 1.29 is 12.9 Å². The average molecular weight is 273 g/mol. The zero-order valence-electron chi connectivity index (χ0n) is 10.5. The van der Waals surface area contributed by atoms with Gasteiger partial charge in [0.1, 0.15) is 5.76 Å². The Morgan fingerprint density at radius 1 is 1.44 bits per heavy atom. The number of hydrogen-bond acceptors (Lipinski definition) is 4. The van der Waals surface area contributed by atoms with Crippen LogP contribution in [0.3, 0.4) is 0 Å². The van der Waals surface area contributed by atoms with Crippen molar-refractivity contribution in [3.63, 3.8) is 0 Å². The third-order valence-corrected chi connectivity index (χ3v) is 4.25. The van der Waals surface area contributed by atoms with E-state index in [9.17, 15) is 8.42 Å². The lowest BCUT2D eigenvalue weighted by Crippen LogP contribution is -2.42. The monoisotopic (exact) mass is 273 g/mol. The molecule has 1 saturated carbocycles. The van der Waals surface area contributed by atoms with Gasteiger partial charge in [0.05, 0.1) is 5.69 Å². The minimum Gasteiger partial charge on any atom is -0.361 e. The first kappa shape index (κ1) is 13.5. The Bertz CT molecular complexity index is 477. The highest BCUT2D eigenvalue weighted by atomic mass is 32.2. The molecule has 1 aliphatic rings. The molecule has 2 rings (SSSR count). The second-order valence-electron chi connectivity index (χ2n) is 4.68. The second kappa shape index (κ2) is 5.81. The number of rotatable bonds is 6. The Balaban J connectivity index is 1.74. The lowest BCUT2D eigenvalue weighted by Gasteiger charge is -2.12. The van der Waals surface area contributed by atoms with E-state index in [1.54, 1.807) is 6.07 Å². The maximum atomic E-state index is 11.7. The molecule has 2 N–H and O–H groups in total. The summed E-state index contributed by atoms with van der Waals surface area (Å²) in [5, 5.41) is 3.81. The van der Waals surface area contributed by atoms with Crippen LogP contribution < -0.4 is 9.44 Å². The Kier molecular flexibility index (Phi) is 4.36. The van der Waals surface area contributed by atoms with E-state index in [-0.39, 0.29) is 6.04 Å². The third kappa shape index (κ3) is 4.08. The lowest BCUT2D eigenvalue weighted by molar-refractivity contribution is 0.390. The SMILES string of the molecule is Cc1cc(CCNS(=O)(=O)NC2CCCC2)no1. The van der Waals surface area contributed by atoms with Crippen molar-refractivity contribution >= 4 is 10.2 Å². The van der Waals surface area contributed by atoms with E-state index < -0.39 is 10.2 Å². The van der Waals surface area contributed by atoms with Crippen molar-refractivity contribution in [3.05, 3.63) is 17.5 Å². The molecule has 102 valence electrons. The smallest absolute Gasteiger partial charge is 0.277 e. The zero-order chi connectivity index (χ0) is 13.0. The molecule has 18 heavy (non-hydrogen) atoms. The van der Waals surface area contributed by atoms with Gasteiger partial charge in [-0.3, -0.25) is 0 Å². The average Bonchev–Trinajstić information content (AvgIpc) is 2.89. The highest BCUT2D eigenvalue weighted by Gasteiger charge is 2.20. The van der Waals surface area contributed by atoms with Crippen LogP contribution in [0.25, 0.3) is 0 Å². The molecule has 1 fully saturated rings. The van der Waals surface area contributed by atoms with Gasteiger partial charge in [0, 0.05) is 25.1 Å². The molecule has 7 heteroatoms. The fourth-order valence-electron chi connectivity index (χ4n) is 2.15. The summed E-state index contributed by atoms with van der Waals surface area (Å²) in [6.45, 7) is 2.14. The molecule has 0 saturated heterocycles. The van der Waals surface area contributed by atoms with E-state index in [1.807, 2.05) is 6.92 Å². The molecule has 0 unspecified atom stereocenters. The van der Waals surface area contributed by atoms with E-state index in [1.165, 1.54) is 0 Å². The van der Waals surface area contributed by atoms with Crippen LogP contribution in [0.4, 0.5) is 0 Å². The van der Waals surface area contributed by atoms with Gasteiger partial charge in [-0.05, 0) is 19.8 Å². The first-order valence-corrected chi connectivity index (χ1v) is 7.72. The van der Waals surface area contributed by atoms with Crippen LogP contribution >= 0.6 is 0 Å². The normalized spacial score (nSPS) is 17.4. The quantitative estimate of drug-likeness (QED) is 0.806. The van der Waals surface area contributed by atoms with Crippen LogP contribution in [0, 0.1) is 6.92 Å². The van der Waals surface area contributed by atoms with Crippen molar-refractivity contribution in [2.24, 2.45) is 0 Å². The summed E-state index contributed by atoms with van der Waals surface area (Å²) in [7, 11) is -3.39. The fraction of sp³-hybridized carbons (Fsp3) is 0.727. The molecule has 1 aromatic heterocycles. The van der Waals surface area contributed by atoms with Gasteiger partial charge in [-0.1, -0.05) is 18.0 Å². The molecule has 0 aromatic carbocycles. The summed E-state index contributed by atoms with van der Waals surface area (Å²) in [5.41, 5.74) is 0.760. The van der Waals surface area contributed by atoms with Gasteiger partial charge in [-0.25, -0.2) is 4.72 Å². The zero-order valence-corrected chi connectivity index (χ0v) is 11.3. The Morgan fingerprint density at radius 3 is 2.78 bits per heavy atom. The molecule has 6 nitrogen and oxygen atoms in total. The molecule has 1 aliphatic carbocycles. The van der Waals surface area contributed by atoms with Crippen molar-refractivity contribution in [2.75, 3.05) is 6.54 Å². The van der Waals surface area contributed by atoms with Gasteiger partial charge < -0.3 is 4.52 Å². The van der Waals surface area contributed by atoms with Crippen molar-refractivity contribution in [1.29, 1.82) is 0 Å². The van der Waals surface area contributed by atoms with E-state index in [2.05, 4.69) is 14.6 Å². The standard InChI is InChI=1S/C11H19N3O3S/c1-9-8-11(13-17-9)6-7-12-18(15,16)14-10-4-2-3-5-10/h8,10,12,14H,2-7H2,1H3. The van der Waals surface area contributed by atoms with E-state index in [0.717, 1.165) is 37.1 Å². The van der Waals surface area contributed by atoms with Crippen molar-refractivity contribution in [3.8, 4) is 0 Å².